The molecule has 0 fully saturated rings. The van der Waals surface area contributed by atoms with Crippen molar-refractivity contribution >= 4 is 33.7 Å². The lowest BCUT2D eigenvalue weighted by molar-refractivity contribution is -0.138. The van der Waals surface area contributed by atoms with E-state index in [0.717, 1.165) is 4.88 Å². The van der Waals surface area contributed by atoms with Gasteiger partial charge in [0.25, 0.3) is 0 Å². The molecule has 0 atom stereocenters. The standard InChI is InChI=1S/C10H8F3N3OS2/c11-10(12,13)8-15-16-9(19-8)14-7(17)4-3-6-2-1-5-18-6/h1-2,5H,3-4H2,(H,14,16,17). The fourth-order valence-corrected chi connectivity index (χ4v) is 2.60. The first-order valence-electron chi connectivity index (χ1n) is 5.18. The summed E-state index contributed by atoms with van der Waals surface area (Å²) in [4.78, 5) is 12.6. The molecule has 102 valence electrons. The van der Waals surface area contributed by atoms with Gasteiger partial charge in [-0.15, -0.1) is 21.5 Å². The number of rotatable bonds is 4. The number of halogens is 3. The molecule has 9 heteroatoms. The number of aromatic nitrogens is 2. The summed E-state index contributed by atoms with van der Waals surface area (Å²) in [7, 11) is 0. The molecule has 2 aromatic heterocycles. The van der Waals surface area contributed by atoms with E-state index >= 15 is 0 Å². The number of amides is 1. The molecule has 0 spiro atoms. The Labute approximate surface area is 114 Å². The molecular weight excluding hydrogens is 299 g/mol. The second-order valence-corrected chi connectivity index (χ2v) is 5.55. The topological polar surface area (TPSA) is 54.9 Å². The predicted molar refractivity (Wildman–Crippen MR) is 66.2 cm³/mol. The van der Waals surface area contributed by atoms with Gasteiger partial charge in [0.05, 0.1) is 0 Å². The quantitative estimate of drug-likeness (QED) is 0.944. The average Bonchev–Trinajstić information content (AvgIpc) is 2.95. The van der Waals surface area contributed by atoms with Crippen molar-refractivity contribution in [2.45, 2.75) is 19.0 Å². The van der Waals surface area contributed by atoms with Crippen LogP contribution in [0.5, 0.6) is 0 Å². The predicted octanol–water partition coefficient (Wildman–Crippen LogP) is 3.19. The molecule has 1 amide bonds. The lowest BCUT2D eigenvalue weighted by atomic mass is 10.2. The van der Waals surface area contributed by atoms with Crippen molar-refractivity contribution in [2.24, 2.45) is 0 Å². The molecule has 0 bridgehead atoms. The molecule has 0 aliphatic heterocycles. The molecule has 0 aliphatic carbocycles. The minimum atomic E-state index is -4.53. The second kappa shape index (κ2) is 5.66. The first-order chi connectivity index (χ1) is 8.95. The van der Waals surface area contributed by atoms with E-state index in [0.29, 0.717) is 17.8 Å². The smallest absolute Gasteiger partial charge is 0.301 e. The van der Waals surface area contributed by atoms with Crippen LogP contribution in [0.2, 0.25) is 0 Å². The van der Waals surface area contributed by atoms with Crippen molar-refractivity contribution in [1.29, 1.82) is 0 Å². The normalized spacial score (nSPS) is 11.5. The van der Waals surface area contributed by atoms with Crippen LogP contribution in [-0.4, -0.2) is 16.1 Å². The highest BCUT2D eigenvalue weighted by atomic mass is 32.1. The highest BCUT2D eigenvalue weighted by molar-refractivity contribution is 7.15. The van der Waals surface area contributed by atoms with Gasteiger partial charge in [-0.2, -0.15) is 13.2 Å². The summed E-state index contributed by atoms with van der Waals surface area (Å²) >= 11 is 1.84. The van der Waals surface area contributed by atoms with Crippen LogP contribution in [0.1, 0.15) is 16.3 Å². The lowest BCUT2D eigenvalue weighted by Crippen LogP contribution is -2.11. The van der Waals surface area contributed by atoms with Gasteiger partial charge in [-0.05, 0) is 17.9 Å². The maximum atomic E-state index is 12.3. The third-order valence-electron chi connectivity index (χ3n) is 2.09. The van der Waals surface area contributed by atoms with Crippen LogP contribution in [0.3, 0.4) is 0 Å². The number of hydrogen-bond acceptors (Lipinski definition) is 5. The number of thiophene rings is 1. The summed E-state index contributed by atoms with van der Waals surface area (Å²) in [5.74, 6) is -0.377. The summed E-state index contributed by atoms with van der Waals surface area (Å²) in [5.41, 5.74) is 0. The zero-order chi connectivity index (χ0) is 13.9. The number of aryl methyl sites for hydroxylation is 1. The molecule has 0 unspecified atom stereocenters. The zero-order valence-corrected chi connectivity index (χ0v) is 11.0. The molecule has 2 aromatic rings. The Morgan fingerprint density at radius 2 is 2.16 bits per heavy atom. The van der Waals surface area contributed by atoms with Gasteiger partial charge in [0.1, 0.15) is 0 Å². The Hall–Kier alpha value is -1.48. The van der Waals surface area contributed by atoms with Crippen LogP contribution in [0.25, 0.3) is 0 Å². The van der Waals surface area contributed by atoms with Gasteiger partial charge in [-0.1, -0.05) is 17.4 Å². The van der Waals surface area contributed by atoms with Crippen molar-refractivity contribution in [2.75, 3.05) is 5.32 Å². The molecule has 4 nitrogen and oxygen atoms in total. The number of nitrogens with one attached hydrogen (secondary N) is 1. The van der Waals surface area contributed by atoms with Crippen molar-refractivity contribution < 1.29 is 18.0 Å². The molecule has 2 rings (SSSR count). The molecule has 0 saturated carbocycles. The Kier molecular flexibility index (Phi) is 4.15. The fraction of sp³-hybridized carbons (Fsp3) is 0.300. The van der Waals surface area contributed by atoms with Crippen molar-refractivity contribution in [3.05, 3.63) is 27.4 Å². The van der Waals surface area contributed by atoms with Crippen LogP contribution in [0.15, 0.2) is 17.5 Å². The van der Waals surface area contributed by atoms with Crippen LogP contribution in [0.4, 0.5) is 18.3 Å². The van der Waals surface area contributed by atoms with E-state index in [1.165, 1.54) is 11.3 Å². The highest BCUT2D eigenvalue weighted by Gasteiger charge is 2.35. The minimum absolute atomic E-state index is 0.136. The SMILES string of the molecule is O=C(CCc1cccs1)Nc1nnc(C(F)(F)F)s1. The average molecular weight is 307 g/mol. The summed E-state index contributed by atoms with van der Waals surface area (Å²) < 4.78 is 36.8. The fourth-order valence-electron chi connectivity index (χ4n) is 1.26. The monoisotopic (exact) mass is 307 g/mol. The van der Waals surface area contributed by atoms with E-state index in [1.807, 2.05) is 17.5 Å². The van der Waals surface area contributed by atoms with E-state index in [9.17, 15) is 18.0 Å². The summed E-state index contributed by atoms with van der Waals surface area (Å²) in [6.07, 6.45) is -3.78. The highest BCUT2D eigenvalue weighted by Crippen LogP contribution is 2.32. The third-order valence-corrected chi connectivity index (χ3v) is 3.91. The second-order valence-electron chi connectivity index (χ2n) is 3.54. The van der Waals surface area contributed by atoms with Gasteiger partial charge >= 0.3 is 6.18 Å². The van der Waals surface area contributed by atoms with Crippen LogP contribution in [0, 0.1) is 0 Å². The van der Waals surface area contributed by atoms with E-state index in [-0.39, 0.29) is 17.5 Å². The van der Waals surface area contributed by atoms with Gasteiger partial charge in [0.15, 0.2) is 0 Å². The molecule has 1 N–H and O–H groups in total. The molecular formula is C10H8F3N3OS2. The summed E-state index contributed by atoms with van der Waals surface area (Å²) in [5, 5.41) is 9.27. The minimum Gasteiger partial charge on any atom is -0.301 e. The summed E-state index contributed by atoms with van der Waals surface area (Å²) in [6, 6.07) is 3.77. The van der Waals surface area contributed by atoms with Crippen molar-refractivity contribution in [3.8, 4) is 0 Å². The van der Waals surface area contributed by atoms with Crippen LogP contribution >= 0.6 is 22.7 Å². The Morgan fingerprint density at radius 3 is 2.74 bits per heavy atom. The number of carbonyl (C=O) groups is 1. The number of anilines is 1. The molecule has 0 aliphatic rings. The third kappa shape index (κ3) is 4.00. The maximum Gasteiger partial charge on any atom is 0.445 e. The summed E-state index contributed by atoms with van der Waals surface area (Å²) in [6.45, 7) is 0. The molecule has 0 radical (unpaired) electrons. The van der Waals surface area contributed by atoms with E-state index in [2.05, 4.69) is 15.5 Å². The number of alkyl halides is 3. The Balaban J connectivity index is 1.87. The molecule has 0 saturated heterocycles. The zero-order valence-electron chi connectivity index (χ0n) is 9.40. The Bertz CT molecular complexity index is 551. The van der Waals surface area contributed by atoms with Crippen molar-refractivity contribution in [3.63, 3.8) is 0 Å². The van der Waals surface area contributed by atoms with Crippen molar-refractivity contribution in [1.82, 2.24) is 10.2 Å². The maximum absolute atomic E-state index is 12.3. The van der Waals surface area contributed by atoms with Crippen LogP contribution < -0.4 is 5.32 Å². The lowest BCUT2D eigenvalue weighted by Gasteiger charge is -2.00. The number of hydrogen-bond donors (Lipinski definition) is 1. The first-order valence-corrected chi connectivity index (χ1v) is 6.87. The molecule has 2 heterocycles. The van der Waals surface area contributed by atoms with Crippen LogP contribution in [-0.2, 0) is 17.4 Å². The number of carbonyl (C=O) groups excluding carboxylic acids is 1. The van der Waals surface area contributed by atoms with Gasteiger partial charge in [-0.3, -0.25) is 4.79 Å². The van der Waals surface area contributed by atoms with E-state index < -0.39 is 11.2 Å². The van der Waals surface area contributed by atoms with E-state index in [4.69, 9.17) is 0 Å². The number of nitrogens with zero attached hydrogens (tertiary/aromatic N) is 2. The molecule has 19 heavy (non-hydrogen) atoms. The van der Waals surface area contributed by atoms with Gasteiger partial charge < -0.3 is 5.32 Å². The van der Waals surface area contributed by atoms with E-state index in [1.54, 1.807) is 0 Å². The first kappa shape index (κ1) is 13.9. The van der Waals surface area contributed by atoms with Gasteiger partial charge in [0.2, 0.25) is 16.0 Å². The Morgan fingerprint density at radius 1 is 1.37 bits per heavy atom. The molecule has 0 aromatic carbocycles. The largest absolute Gasteiger partial charge is 0.445 e. The van der Waals surface area contributed by atoms with Gasteiger partial charge in [0, 0.05) is 11.3 Å². The van der Waals surface area contributed by atoms with Gasteiger partial charge in [-0.25, -0.2) is 0 Å².